The van der Waals surface area contributed by atoms with E-state index in [0.717, 1.165) is 31.6 Å². The van der Waals surface area contributed by atoms with Gasteiger partial charge < -0.3 is 10.0 Å². The Morgan fingerprint density at radius 1 is 1.44 bits per heavy atom. The number of rotatable bonds is 3. The maximum absolute atomic E-state index is 10.6. The summed E-state index contributed by atoms with van der Waals surface area (Å²) in [5.41, 5.74) is 0.840. The van der Waals surface area contributed by atoms with Crippen LogP contribution in [0.25, 0.3) is 0 Å². The van der Waals surface area contributed by atoms with Crippen LogP contribution in [0.4, 0.5) is 11.4 Å². The average Bonchev–Trinajstić information content (AvgIpc) is 2.38. The molecule has 5 nitrogen and oxygen atoms in total. The van der Waals surface area contributed by atoms with Gasteiger partial charge in [-0.25, -0.2) is 0 Å². The maximum atomic E-state index is 10.6. The fourth-order valence-corrected chi connectivity index (χ4v) is 2.52. The van der Waals surface area contributed by atoms with E-state index in [1.807, 2.05) is 0 Å². The number of aliphatic hydroxyl groups excluding tert-OH is 1. The Hall–Kier alpha value is -1.33. The molecule has 0 saturated carbocycles. The van der Waals surface area contributed by atoms with Crippen LogP contribution >= 0.6 is 11.6 Å². The molecule has 0 radical (unpaired) electrons. The zero-order valence-electron chi connectivity index (χ0n) is 9.88. The van der Waals surface area contributed by atoms with Crippen LogP contribution in [0.1, 0.15) is 12.8 Å². The number of hydrogen-bond donors (Lipinski definition) is 1. The fourth-order valence-electron chi connectivity index (χ4n) is 2.22. The fraction of sp³-hybridized carbons (Fsp3) is 0.500. The molecule has 1 saturated heterocycles. The lowest BCUT2D eigenvalue weighted by molar-refractivity contribution is -0.384. The third-order valence-electron chi connectivity index (χ3n) is 3.36. The zero-order valence-corrected chi connectivity index (χ0v) is 10.6. The van der Waals surface area contributed by atoms with Crippen LogP contribution in [0.2, 0.25) is 5.02 Å². The summed E-state index contributed by atoms with van der Waals surface area (Å²) in [6.45, 7) is 1.87. The Morgan fingerprint density at radius 2 is 2.11 bits per heavy atom. The van der Waals surface area contributed by atoms with Gasteiger partial charge in [0.05, 0.1) is 15.6 Å². The highest BCUT2D eigenvalue weighted by Gasteiger charge is 2.21. The first-order valence-corrected chi connectivity index (χ1v) is 6.29. The Labute approximate surface area is 110 Å². The van der Waals surface area contributed by atoms with E-state index < -0.39 is 4.92 Å². The van der Waals surface area contributed by atoms with Gasteiger partial charge in [0.25, 0.3) is 5.69 Å². The third-order valence-corrected chi connectivity index (χ3v) is 3.66. The highest BCUT2D eigenvalue weighted by molar-refractivity contribution is 6.33. The van der Waals surface area contributed by atoms with Crippen molar-refractivity contribution in [2.75, 3.05) is 24.6 Å². The van der Waals surface area contributed by atoms with E-state index in [1.165, 1.54) is 12.1 Å². The quantitative estimate of drug-likeness (QED) is 0.677. The summed E-state index contributed by atoms with van der Waals surface area (Å²) in [6, 6.07) is 4.55. The second kappa shape index (κ2) is 5.54. The second-order valence-corrected chi connectivity index (χ2v) is 4.91. The molecule has 0 unspecified atom stereocenters. The van der Waals surface area contributed by atoms with E-state index in [2.05, 4.69) is 4.90 Å². The normalized spacial score (nSPS) is 16.9. The van der Waals surface area contributed by atoms with Crippen LogP contribution in [0.15, 0.2) is 18.2 Å². The minimum atomic E-state index is -0.451. The summed E-state index contributed by atoms with van der Waals surface area (Å²) in [5.74, 6) is 0.359. The van der Waals surface area contributed by atoms with Crippen LogP contribution in [-0.4, -0.2) is 29.7 Å². The number of nitro benzene ring substituents is 1. The number of nitrogens with zero attached hydrogens (tertiary/aromatic N) is 2. The molecule has 1 aliphatic heterocycles. The lowest BCUT2D eigenvalue weighted by Gasteiger charge is -2.33. The molecule has 1 aromatic rings. The number of anilines is 1. The molecule has 1 fully saturated rings. The predicted octanol–water partition coefficient (Wildman–Crippen LogP) is 2.46. The van der Waals surface area contributed by atoms with Crippen molar-refractivity contribution in [1.29, 1.82) is 0 Å². The summed E-state index contributed by atoms with van der Waals surface area (Å²) in [4.78, 5) is 12.3. The smallest absolute Gasteiger partial charge is 0.271 e. The van der Waals surface area contributed by atoms with Gasteiger partial charge in [0.15, 0.2) is 0 Å². The molecule has 2 rings (SSSR count). The molecule has 1 aliphatic rings. The Balaban J connectivity index is 2.12. The summed E-state index contributed by atoms with van der Waals surface area (Å²) < 4.78 is 0. The zero-order chi connectivity index (χ0) is 13.1. The van der Waals surface area contributed by atoms with Crippen molar-refractivity contribution in [3.05, 3.63) is 33.3 Å². The lowest BCUT2D eigenvalue weighted by atomic mass is 9.97. The minimum absolute atomic E-state index is 0.00833. The first kappa shape index (κ1) is 13.1. The number of halogens is 1. The summed E-state index contributed by atoms with van der Waals surface area (Å²) in [5, 5.41) is 20.1. The van der Waals surface area contributed by atoms with Crippen LogP contribution in [0.3, 0.4) is 0 Å². The topological polar surface area (TPSA) is 66.6 Å². The highest BCUT2D eigenvalue weighted by Crippen LogP contribution is 2.32. The van der Waals surface area contributed by atoms with Gasteiger partial charge in [-0.15, -0.1) is 0 Å². The predicted molar refractivity (Wildman–Crippen MR) is 70.1 cm³/mol. The number of nitro groups is 1. The minimum Gasteiger partial charge on any atom is -0.396 e. The van der Waals surface area contributed by atoms with Crippen molar-refractivity contribution in [3.8, 4) is 0 Å². The molecule has 98 valence electrons. The largest absolute Gasteiger partial charge is 0.396 e. The lowest BCUT2D eigenvalue weighted by Crippen LogP contribution is -2.34. The van der Waals surface area contributed by atoms with E-state index in [-0.39, 0.29) is 12.3 Å². The van der Waals surface area contributed by atoms with E-state index in [0.29, 0.717) is 10.9 Å². The van der Waals surface area contributed by atoms with Crippen LogP contribution in [0.5, 0.6) is 0 Å². The van der Waals surface area contributed by atoms with E-state index >= 15 is 0 Å². The maximum Gasteiger partial charge on any atom is 0.271 e. The molecule has 0 aliphatic carbocycles. The Kier molecular flexibility index (Phi) is 4.04. The molecule has 0 spiro atoms. The molecule has 1 N–H and O–H groups in total. The van der Waals surface area contributed by atoms with Crippen molar-refractivity contribution in [3.63, 3.8) is 0 Å². The molecule has 0 amide bonds. The van der Waals surface area contributed by atoms with Crippen LogP contribution in [0, 0.1) is 16.0 Å². The van der Waals surface area contributed by atoms with Gasteiger partial charge >= 0.3 is 0 Å². The molecule has 0 bridgehead atoms. The van der Waals surface area contributed by atoms with Gasteiger partial charge in [0.2, 0.25) is 0 Å². The van der Waals surface area contributed by atoms with Gasteiger partial charge in [-0.1, -0.05) is 11.6 Å². The number of non-ortho nitro benzene ring substituents is 1. The molecule has 1 aromatic carbocycles. The summed E-state index contributed by atoms with van der Waals surface area (Å²) >= 11 is 6.08. The molecule has 1 heterocycles. The monoisotopic (exact) mass is 270 g/mol. The summed E-state index contributed by atoms with van der Waals surface area (Å²) in [7, 11) is 0. The Bertz CT molecular complexity index is 445. The number of piperidine rings is 1. The van der Waals surface area contributed by atoms with Crippen molar-refractivity contribution in [1.82, 2.24) is 0 Å². The molecule has 0 atom stereocenters. The molecule has 0 aromatic heterocycles. The van der Waals surface area contributed by atoms with Crippen molar-refractivity contribution >= 4 is 23.0 Å². The molecule has 18 heavy (non-hydrogen) atoms. The number of benzene rings is 1. The van der Waals surface area contributed by atoms with Crippen molar-refractivity contribution < 1.29 is 10.0 Å². The third kappa shape index (κ3) is 2.73. The van der Waals surface area contributed by atoms with Crippen LogP contribution < -0.4 is 4.90 Å². The van der Waals surface area contributed by atoms with E-state index in [4.69, 9.17) is 16.7 Å². The highest BCUT2D eigenvalue weighted by atomic mass is 35.5. The first-order valence-electron chi connectivity index (χ1n) is 5.91. The van der Waals surface area contributed by atoms with Crippen molar-refractivity contribution in [2.45, 2.75) is 12.8 Å². The Morgan fingerprint density at radius 3 is 2.61 bits per heavy atom. The van der Waals surface area contributed by atoms with Gasteiger partial charge in [-0.05, 0) is 24.8 Å². The number of aliphatic hydroxyl groups is 1. The first-order chi connectivity index (χ1) is 8.61. The standard InChI is InChI=1S/C12H15ClN2O3/c13-11-7-10(15(17)18)1-2-12(11)14-5-3-9(8-16)4-6-14/h1-2,7,9,16H,3-6,8H2. The van der Waals surface area contributed by atoms with Gasteiger partial charge in [0.1, 0.15) is 0 Å². The molecular weight excluding hydrogens is 256 g/mol. The van der Waals surface area contributed by atoms with Crippen molar-refractivity contribution in [2.24, 2.45) is 5.92 Å². The summed E-state index contributed by atoms with van der Waals surface area (Å²) in [6.07, 6.45) is 1.84. The average molecular weight is 271 g/mol. The van der Waals surface area contributed by atoms with Gasteiger partial charge in [-0.3, -0.25) is 10.1 Å². The molecular formula is C12H15ClN2O3. The second-order valence-electron chi connectivity index (χ2n) is 4.51. The van der Waals surface area contributed by atoms with Crippen LogP contribution in [-0.2, 0) is 0 Å². The van der Waals surface area contributed by atoms with Gasteiger partial charge in [0, 0.05) is 31.8 Å². The SMILES string of the molecule is O=[N+]([O-])c1ccc(N2CCC(CO)CC2)c(Cl)c1. The molecule has 6 heteroatoms. The van der Waals surface area contributed by atoms with Gasteiger partial charge in [-0.2, -0.15) is 0 Å². The van der Waals surface area contributed by atoms with E-state index in [1.54, 1.807) is 6.07 Å². The number of hydrogen-bond acceptors (Lipinski definition) is 4. The van der Waals surface area contributed by atoms with E-state index in [9.17, 15) is 10.1 Å².